The summed E-state index contributed by atoms with van der Waals surface area (Å²) in [6.45, 7) is 4.12. The van der Waals surface area contributed by atoms with Gasteiger partial charge in [-0.2, -0.15) is 0 Å². The summed E-state index contributed by atoms with van der Waals surface area (Å²) in [5.41, 5.74) is 0. The van der Waals surface area contributed by atoms with Crippen molar-refractivity contribution >= 4 is 0 Å². The molecule has 0 unspecified atom stereocenters. The van der Waals surface area contributed by atoms with Gasteiger partial charge < -0.3 is 9.47 Å². The topological polar surface area (TPSA) is 18.5 Å². The molecule has 0 fully saturated rings. The van der Waals surface area contributed by atoms with E-state index in [1.807, 2.05) is 19.1 Å². The van der Waals surface area contributed by atoms with Crippen molar-refractivity contribution < 1.29 is 9.47 Å². The molecule has 0 saturated carbocycles. The van der Waals surface area contributed by atoms with E-state index in [0.717, 1.165) is 6.61 Å². The van der Waals surface area contributed by atoms with Gasteiger partial charge in [0.15, 0.2) is 0 Å². The second kappa shape index (κ2) is 7.66. The molecule has 0 amide bonds. The third-order valence-corrected chi connectivity index (χ3v) is 0.848. The van der Waals surface area contributed by atoms with E-state index in [2.05, 4.69) is 0 Å². The van der Waals surface area contributed by atoms with E-state index in [1.54, 1.807) is 7.11 Å². The quantitative estimate of drug-likeness (QED) is 0.411. The van der Waals surface area contributed by atoms with Crippen LogP contribution in [-0.2, 0) is 9.47 Å². The lowest BCUT2D eigenvalue weighted by Gasteiger charge is -1.91. The molecule has 0 rings (SSSR count). The second-order valence-corrected chi connectivity index (χ2v) is 1.59. The Morgan fingerprint density at radius 1 is 1.22 bits per heavy atom. The third kappa shape index (κ3) is 7.66. The Hall–Kier alpha value is -0.340. The zero-order valence-electron chi connectivity index (χ0n) is 6.09. The molecule has 0 radical (unpaired) electrons. The predicted octanol–water partition coefficient (Wildman–Crippen LogP) is 1.23. The monoisotopic (exact) mass is 130 g/mol. The Labute approximate surface area is 56.5 Å². The highest BCUT2D eigenvalue weighted by Crippen LogP contribution is 1.77. The molecule has 2 nitrogen and oxygen atoms in total. The zero-order chi connectivity index (χ0) is 6.95. The van der Waals surface area contributed by atoms with Gasteiger partial charge in [-0.15, -0.1) is 0 Å². The third-order valence-electron chi connectivity index (χ3n) is 0.848. The molecule has 0 spiro atoms. The molecule has 2 heteroatoms. The summed E-state index contributed by atoms with van der Waals surface area (Å²) in [5, 5.41) is 0. The normalized spacial score (nSPS) is 10.9. The van der Waals surface area contributed by atoms with Crippen LogP contribution in [0.3, 0.4) is 0 Å². The highest BCUT2D eigenvalue weighted by molar-refractivity contribution is 4.80. The highest BCUT2D eigenvalue weighted by Gasteiger charge is 1.74. The van der Waals surface area contributed by atoms with Gasteiger partial charge in [0.25, 0.3) is 0 Å². The molecule has 0 aromatic heterocycles. The van der Waals surface area contributed by atoms with Gasteiger partial charge >= 0.3 is 0 Å². The molecule has 54 valence electrons. The van der Waals surface area contributed by atoms with Crippen molar-refractivity contribution in [3.8, 4) is 0 Å². The molecule has 0 aromatic rings. The number of rotatable bonds is 5. The summed E-state index contributed by atoms with van der Waals surface area (Å²) in [7, 11) is 1.67. The van der Waals surface area contributed by atoms with E-state index in [-0.39, 0.29) is 0 Å². The van der Waals surface area contributed by atoms with Gasteiger partial charge in [0.05, 0.1) is 13.2 Å². The van der Waals surface area contributed by atoms with Crippen molar-refractivity contribution in [2.24, 2.45) is 0 Å². The minimum atomic E-state index is 0.674. The van der Waals surface area contributed by atoms with Gasteiger partial charge in [-0.25, -0.2) is 0 Å². The van der Waals surface area contributed by atoms with E-state index in [4.69, 9.17) is 9.47 Å². The maximum Gasteiger partial charge on any atom is 0.0648 e. The summed E-state index contributed by atoms with van der Waals surface area (Å²) in [5.74, 6) is 0. The van der Waals surface area contributed by atoms with Gasteiger partial charge in [0.2, 0.25) is 0 Å². The van der Waals surface area contributed by atoms with Crippen LogP contribution in [0.15, 0.2) is 12.2 Å². The fraction of sp³-hybridized carbons (Fsp3) is 0.714. The van der Waals surface area contributed by atoms with E-state index in [0.29, 0.717) is 13.2 Å². The van der Waals surface area contributed by atoms with Crippen molar-refractivity contribution in [2.45, 2.75) is 6.92 Å². The Bertz CT molecular complexity index is 69.3. The van der Waals surface area contributed by atoms with Crippen molar-refractivity contribution in [3.05, 3.63) is 12.2 Å². The van der Waals surface area contributed by atoms with Crippen LogP contribution in [0.5, 0.6) is 0 Å². The number of methoxy groups -OCH3 is 1. The van der Waals surface area contributed by atoms with Crippen LogP contribution in [0, 0.1) is 0 Å². The first-order valence-electron chi connectivity index (χ1n) is 3.13. The van der Waals surface area contributed by atoms with Crippen LogP contribution in [0.4, 0.5) is 0 Å². The van der Waals surface area contributed by atoms with Crippen molar-refractivity contribution in [2.75, 3.05) is 26.9 Å². The fourth-order valence-electron chi connectivity index (χ4n) is 0.418. The lowest BCUT2D eigenvalue weighted by molar-refractivity contribution is 0.176. The first kappa shape index (κ1) is 8.66. The summed E-state index contributed by atoms with van der Waals surface area (Å²) in [6.07, 6.45) is 3.89. The summed E-state index contributed by atoms with van der Waals surface area (Å²) in [4.78, 5) is 0. The van der Waals surface area contributed by atoms with E-state index >= 15 is 0 Å². The Morgan fingerprint density at radius 3 is 2.44 bits per heavy atom. The molecule has 0 aliphatic heterocycles. The van der Waals surface area contributed by atoms with Gasteiger partial charge in [-0.1, -0.05) is 12.2 Å². The first-order chi connectivity index (χ1) is 4.41. The Kier molecular flexibility index (Phi) is 7.37. The van der Waals surface area contributed by atoms with Gasteiger partial charge in [-0.3, -0.25) is 0 Å². The average Bonchev–Trinajstić information content (AvgIpc) is 1.89. The second-order valence-electron chi connectivity index (χ2n) is 1.59. The molecule has 0 aromatic carbocycles. The largest absolute Gasteiger partial charge is 0.381 e. The number of hydrogen-bond acceptors (Lipinski definition) is 2. The molecule has 0 aliphatic carbocycles. The van der Waals surface area contributed by atoms with Crippen LogP contribution in [-0.4, -0.2) is 26.9 Å². The van der Waals surface area contributed by atoms with Gasteiger partial charge in [0, 0.05) is 13.7 Å². The SMILES string of the molecule is CCOCC=CCOC. The lowest BCUT2D eigenvalue weighted by Crippen LogP contribution is -1.89. The molecule has 0 aliphatic rings. The first-order valence-corrected chi connectivity index (χ1v) is 3.13. The molecule has 0 N–H and O–H groups in total. The van der Waals surface area contributed by atoms with E-state index in [1.165, 1.54) is 0 Å². The summed E-state index contributed by atoms with van der Waals surface area (Å²) < 4.78 is 9.82. The van der Waals surface area contributed by atoms with Crippen molar-refractivity contribution in [1.29, 1.82) is 0 Å². The molecular weight excluding hydrogens is 116 g/mol. The maximum atomic E-state index is 5.04. The maximum absolute atomic E-state index is 5.04. The van der Waals surface area contributed by atoms with Crippen LogP contribution in [0.2, 0.25) is 0 Å². The van der Waals surface area contributed by atoms with Crippen LogP contribution >= 0.6 is 0 Å². The minimum absolute atomic E-state index is 0.674. The molecule has 0 bridgehead atoms. The van der Waals surface area contributed by atoms with Gasteiger partial charge in [0.1, 0.15) is 0 Å². The molecule has 0 heterocycles. The number of ether oxygens (including phenoxy) is 2. The predicted molar refractivity (Wildman–Crippen MR) is 37.5 cm³/mol. The fourth-order valence-corrected chi connectivity index (χ4v) is 0.418. The van der Waals surface area contributed by atoms with E-state index < -0.39 is 0 Å². The molecular formula is C7H14O2. The molecule has 9 heavy (non-hydrogen) atoms. The van der Waals surface area contributed by atoms with Crippen molar-refractivity contribution in [1.82, 2.24) is 0 Å². The van der Waals surface area contributed by atoms with Crippen LogP contribution in [0.1, 0.15) is 6.92 Å². The number of hydrogen-bond donors (Lipinski definition) is 0. The standard InChI is InChI=1S/C7H14O2/c1-3-9-7-5-4-6-8-2/h4-5H,3,6-7H2,1-2H3. The average molecular weight is 130 g/mol. The zero-order valence-corrected chi connectivity index (χ0v) is 6.09. The minimum Gasteiger partial charge on any atom is -0.381 e. The summed E-state index contributed by atoms with van der Waals surface area (Å²) >= 11 is 0. The Balaban J connectivity index is 2.86. The van der Waals surface area contributed by atoms with Crippen molar-refractivity contribution in [3.63, 3.8) is 0 Å². The van der Waals surface area contributed by atoms with Gasteiger partial charge in [-0.05, 0) is 6.92 Å². The highest BCUT2D eigenvalue weighted by atomic mass is 16.5. The Morgan fingerprint density at radius 2 is 1.89 bits per heavy atom. The summed E-state index contributed by atoms with van der Waals surface area (Å²) in [6, 6.07) is 0. The smallest absolute Gasteiger partial charge is 0.0648 e. The van der Waals surface area contributed by atoms with Crippen LogP contribution < -0.4 is 0 Å². The van der Waals surface area contributed by atoms with E-state index in [9.17, 15) is 0 Å². The molecule has 0 saturated heterocycles. The lowest BCUT2D eigenvalue weighted by atomic mass is 10.5. The molecule has 0 atom stereocenters. The van der Waals surface area contributed by atoms with Crippen LogP contribution in [0.25, 0.3) is 0 Å².